The number of carbonyl (C=O) groups excluding carboxylic acids is 1. The number of rotatable bonds is 7. The first-order chi connectivity index (χ1) is 16.5. The Labute approximate surface area is 198 Å². The zero-order chi connectivity index (χ0) is 23.7. The van der Waals surface area contributed by atoms with E-state index in [4.69, 9.17) is 9.72 Å². The SMILES string of the molecule is Cc1cccc(C)c1OCCCn1c([C@H]2CC(=O)N(c3ccc(F)cc3)C2)nc2ccccc21. The van der Waals surface area contributed by atoms with Gasteiger partial charge in [-0.1, -0.05) is 30.3 Å². The molecular formula is C28H28FN3O2. The number of hydrogen-bond acceptors (Lipinski definition) is 3. The highest BCUT2D eigenvalue weighted by Gasteiger charge is 2.34. The average Bonchev–Trinajstić information content (AvgIpc) is 3.39. The Hall–Kier alpha value is -3.67. The number of halogens is 1. The Kier molecular flexibility index (Phi) is 6.05. The predicted octanol–water partition coefficient (Wildman–Crippen LogP) is 5.78. The van der Waals surface area contributed by atoms with Crippen LogP contribution in [0.25, 0.3) is 11.0 Å². The van der Waals surface area contributed by atoms with E-state index in [2.05, 4.69) is 36.6 Å². The van der Waals surface area contributed by atoms with E-state index in [1.807, 2.05) is 24.3 Å². The first kappa shape index (κ1) is 22.1. The lowest BCUT2D eigenvalue weighted by molar-refractivity contribution is -0.117. The lowest BCUT2D eigenvalue weighted by Gasteiger charge is -2.18. The summed E-state index contributed by atoms with van der Waals surface area (Å²) in [7, 11) is 0. The largest absolute Gasteiger partial charge is 0.493 e. The second-order valence-electron chi connectivity index (χ2n) is 8.92. The Morgan fingerprint density at radius 2 is 1.74 bits per heavy atom. The molecule has 174 valence electrons. The Morgan fingerprint density at radius 1 is 1.00 bits per heavy atom. The van der Waals surface area contributed by atoms with Crippen LogP contribution in [0.15, 0.2) is 66.7 Å². The molecule has 1 aromatic heterocycles. The molecular weight excluding hydrogens is 429 g/mol. The summed E-state index contributed by atoms with van der Waals surface area (Å²) in [5.74, 6) is 1.58. The van der Waals surface area contributed by atoms with E-state index in [1.54, 1.807) is 17.0 Å². The molecule has 0 bridgehead atoms. The minimum atomic E-state index is -0.308. The van der Waals surface area contributed by atoms with Crippen molar-refractivity contribution in [3.05, 3.63) is 89.5 Å². The van der Waals surface area contributed by atoms with Crippen molar-refractivity contribution in [1.29, 1.82) is 0 Å². The van der Waals surface area contributed by atoms with Crippen LogP contribution >= 0.6 is 0 Å². The maximum atomic E-state index is 13.4. The van der Waals surface area contributed by atoms with Gasteiger partial charge in [-0.05, 0) is 67.8 Å². The van der Waals surface area contributed by atoms with Gasteiger partial charge in [-0.2, -0.15) is 0 Å². The van der Waals surface area contributed by atoms with E-state index >= 15 is 0 Å². The molecule has 34 heavy (non-hydrogen) atoms. The van der Waals surface area contributed by atoms with Crippen LogP contribution < -0.4 is 9.64 Å². The van der Waals surface area contributed by atoms with E-state index in [-0.39, 0.29) is 17.6 Å². The number of amides is 1. The lowest BCUT2D eigenvalue weighted by Crippen LogP contribution is -2.24. The second-order valence-corrected chi connectivity index (χ2v) is 8.92. The van der Waals surface area contributed by atoms with Crippen LogP contribution in [0.1, 0.15) is 35.7 Å². The molecule has 1 atom stereocenters. The zero-order valence-electron chi connectivity index (χ0n) is 19.5. The molecule has 0 radical (unpaired) electrons. The second kappa shape index (κ2) is 9.29. The van der Waals surface area contributed by atoms with Crippen LogP contribution in [0, 0.1) is 19.7 Å². The quantitative estimate of drug-likeness (QED) is 0.331. The first-order valence-electron chi connectivity index (χ1n) is 11.7. The zero-order valence-corrected chi connectivity index (χ0v) is 19.5. The van der Waals surface area contributed by atoms with Crippen molar-refractivity contribution >= 4 is 22.6 Å². The summed E-state index contributed by atoms with van der Waals surface area (Å²) < 4.78 is 21.7. The molecule has 4 aromatic rings. The van der Waals surface area contributed by atoms with Crippen LogP contribution in [0.2, 0.25) is 0 Å². The Morgan fingerprint density at radius 3 is 2.50 bits per heavy atom. The van der Waals surface area contributed by atoms with Gasteiger partial charge in [0.1, 0.15) is 17.4 Å². The molecule has 0 unspecified atom stereocenters. The number of benzene rings is 3. The number of aromatic nitrogens is 2. The van der Waals surface area contributed by atoms with Crippen LogP contribution in [0.3, 0.4) is 0 Å². The van der Waals surface area contributed by atoms with Gasteiger partial charge in [0.25, 0.3) is 0 Å². The highest BCUT2D eigenvalue weighted by atomic mass is 19.1. The molecule has 1 aliphatic heterocycles. The molecule has 1 amide bonds. The fourth-order valence-electron chi connectivity index (χ4n) is 4.82. The number of anilines is 1. The molecule has 1 fully saturated rings. The summed E-state index contributed by atoms with van der Waals surface area (Å²) in [6.45, 7) is 6.01. The van der Waals surface area contributed by atoms with Gasteiger partial charge in [0.15, 0.2) is 0 Å². The molecule has 0 aliphatic carbocycles. The summed E-state index contributed by atoms with van der Waals surface area (Å²) in [4.78, 5) is 19.5. The summed E-state index contributed by atoms with van der Waals surface area (Å²) in [5, 5.41) is 0. The Balaban J connectivity index is 1.35. The standard InChI is InChI=1S/C28H28FN3O2/c1-19-7-5-8-20(2)27(19)34-16-6-15-31-25-10-4-3-9-24(25)30-28(31)21-17-26(33)32(18-21)23-13-11-22(29)12-14-23/h3-5,7-14,21H,6,15-18H2,1-2H3/t21-/m0/s1. The molecule has 6 heteroatoms. The predicted molar refractivity (Wildman–Crippen MR) is 132 cm³/mol. The minimum absolute atomic E-state index is 0.0236. The fraction of sp³-hybridized carbons (Fsp3) is 0.286. The molecule has 1 saturated heterocycles. The minimum Gasteiger partial charge on any atom is -0.493 e. The number of aryl methyl sites for hydroxylation is 3. The number of imidazole rings is 1. The van der Waals surface area contributed by atoms with Crippen molar-refractivity contribution in [2.45, 2.75) is 39.2 Å². The van der Waals surface area contributed by atoms with Crippen molar-refractivity contribution in [1.82, 2.24) is 9.55 Å². The van der Waals surface area contributed by atoms with Gasteiger partial charge in [-0.3, -0.25) is 4.79 Å². The van der Waals surface area contributed by atoms with E-state index in [1.165, 1.54) is 12.1 Å². The van der Waals surface area contributed by atoms with Gasteiger partial charge in [0, 0.05) is 31.1 Å². The summed E-state index contributed by atoms with van der Waals surface area (Å²) >= 11 is 0. The molecule has 1 aliphatic rings. The highest BCUT2D eigenvalue weighted by molar-refractivity contribution is 5.96. The first-order valence-corrected chi connectivity index (χ1v) is 11.7. The molecule has 0 spiro atoms. The highest BCUT2D eigenvalue weighted by Crippen LogP contribution is 2.33. The van der Waals surface area contributed by atoms with E-state index in [0.29, 0.717) is 19.6 Å². The van der Waals surface area contributed by atoms with Crippen molar-refractivity contribution in [2.75, 3.05) is 18.1 Å². The van der Waals surface area contributed by atoms with Gasteiger partial charge in [-0.15, -0.1) is 0 Å². The number of hydrogen-bond donors (Lipinski definition) is 0. The van der Waals surface area contributed by atoms with Crippen LogP contribution in [0.5, 0.6) is 5.75 Å². The van der Waals surface area contributed by atoms with Gasteiger partial charge in [0.05, 0.1) is 17.6 Å². The number of carbonyl (C=O) groups is 1. The summed E-state index contributed by atoms with van der Waals surface area (Å²) in [6.07, 6.45) is 1.21. The number of nitrogens with zero attached hydrogens (tertiary/aromatic N) is 3. The van der Waals surface area contributed by atoms with E-state index in [0.717, 1.165) is 52.4 Å². The van der Waals surface area contributed by atoms with Crippen molar-refractivity contribution in [2.24, 2.45) is 0 Å². The van der Waals surface area contributed by atoms with Gasteiger partial charge in [-0.25, -0.2) is 9.37 Å². The molecule has 5 rings (SSSR count). The van der Waals surface area contributed by atoms with E-state index in [9.17, 15) is 9.18 Å². The molecule has 0 saturated carbocycles. The molecule has 3 aromatic carbocycles. The van der Waals surface area contributed by atoms with Gasteiger partial charge >= 0.3 is 0 Å². The van der Waals surface area contributed by atoms with Crippen molar-refractivity contribution in [3.8, 4) is 5.75 Å². The Bertz CT molecular complexity index is 1310. The smallest absolute Gasteiger partial charge is 0.227 e. The molecule has 0 N–H and O–H groups in total. The summed E-state index contributed by atoms with van der Waals surface area (Å²) in [5.41, 5.74) is 5.00. The van der Waals surface area contributed by atoms with Crippen LogP contribution in [0.4, 0.5) is 10.1 Å². The van der Waals surface area contributed by atoms with Gasteiger partial charge in [0.2, 0.25) is 5.91 Å². The maximum Gasteiger partial charge on any atom is 0.227 e. The maximum absolute atomic E-state index is 13.4. The normalized spacial score (nSPS) is 15.9. The van der Waals surface area contributed by atoms with Crippen LogP contribution in [-0.4, -0.2) is 28.6 Å². The van der Waals surface area contributed by atoms with Crippen molar-refractivity contribution < 1.29 is 13.9 Å². The monoisotopic (exact) mass is 457 g/mol. The summed E-state index contributed by atoms with van der Waals surface area (Å²) in [6, 6.07) is 20.3. The fourth-order valence-corrected chi connectivity index (χ4v) is 4.82. The third kappa shape index (κ3) is 4.28. The van der Waals surface area contributed by atoms with E-state index < -0.39 is 0 Å². The third-order valence-corrected chi connectivity index (χ3v) is 6.49. The third-order valence-electron chi connectivity index (χ3n) is 6.49. The van der Waals surface area contributed by atoms with Crippen molar-refractivity contribution in [3.63, 3.8) is 0 Å². The average molecular weight is 458 g/mol. The number of para-hydroxylation sites is 3. The van der Waals surface area contributed by atoms with Crippen LogP contribution in [-0.2, 0) is 11.3 Å². The molecule has 2 heterocycles. The van der Waals surface area contributed by atoms with Gasteiger partial charge < -0.3 is 14.2 Å². The number of ether oxygens (including phenoxy) is 1. The topological polar surface area (TPSA) is 47.4 Å². The lowest BCUT2D eigenvalue weighted by atomic mass is 10.1. The molecule has 5 nitrogen and oxygen atoms in total. The number of fused-ring (bicyclic) bond motifs is 1.